The highest BCUT2D eigenvalue weighted by Gasteiger charge is 2.23. The second kappa shape index (κ2) is 3.93. The molecule has 1 aromatic carbocycles. The van der Waals surface area contributed by atoms with Gasteiger partial charge in [0, 0.05) is 12.1 Å². The van der Waals surface area contributed by atoms with E-state index in [0.29, 0.717) is 17.7 Å². The Labute approximate surface area is 91.9 Å². The molecule has 16 heavy (non-hydrogen) atoms. The summed E-state index contributed by atoms with van der Waals surface area (Å²) in [5, 5.41) is 29.9. The summed E-state index contributed by atoms with van der Waals surface area (Å²) in [4.78, 5) is 11.3. The number of carbonyl (C=O) groups is 1. The molecule has 2 atom stereocenters. The van der Waals surface area contributed by atoms with Crippen LogP contribution in [0, 0.1) is 11.3 Å². The third-order valence-electron chi connectivity index (χ3n) is 2.59. The normalized spacial score (nSPS) is 17.2. The van der Waals surface area contributed by atoms with Crippen LogP contribution >= 0.6 is 0 Å². The molecule has 1 aromatic rings. The molecule has 0 spiro atoms. The van der Waals surface area contributed by atoms with Gasteiger partial charge in [0.1, 0.15) is 6.10 Å². The van der Waals surface area contributed by atoms with Crippen LogP contribution in [0.25, 0.3) is 0 Å². The summed E-state index contributed by atoms with van der Waals surface area (Å²) in [5.41, 5.74) is 1.78. The van der Waals surface area contributed by atoms with Crippen molar-refractivity contribution in [3.63, 3.8) is 0 Å². The zero-order valence-corrected chi connectivity index (χ0v) is 8.34. The molecule has 1 aliphatic heterocycles. The van der Waals surface area contributed by atoms with E-state index in [1.165, 1.54) is 6.07 Å². The molecule has 1 heterocycles. The Hall–Kier alpha value is -1.90. The van der Waals surface area contributed by atoms with Gasteiger partial charge in [0.05, 0.1) is 6.07 Å². The molecular formula is C11H10N2O3. The minimum absolute atomic E-state index is 0.142. The van der Waals surface area contributed by atoms with Crippen molar-refractivity contribution in [1.29, 1.82) is 5.26 Å². The lowest BCUT2D eigenvalue weighted by Crippen LogP contribution is -2.16. The van der Waals surface area contributed by atoms with Crippen LogP contribution in [0.2, 0.25) is 0 Å². The first-order valence-electron chi connectivity index (χ1n) is 4.80. The van der Waals surface area contributed by atoms with Gasteiger partial charge in [-0.25, -0.2) is 0 Å². The summed E-state index contributed by atoms with van der Waals surface area (Å²) in [6.07, 6.45) is -2.70. The minimum Gasteiger partial charge on any atom is -0.385 e. The highest BCUT2D eigenvalue weighted by molar-refractivity contribution is 5.98. The van der Waals surface area contributed by atoms with Crippen LogP contribution < -0.4 is 5.32 Å². The van der Waals surface area contributed by atoms with Gasteiger partial charge < -0.3 is 15.5 Å². The van der Waals surface area contributed by atoms with Crippen molar-refractivity contribution in [2.24, 2.45) is 0 Å². The zero-order valence-electron chi connectivity index (χ0n) is 8.34. The molecule has 0 aromatic heterocycles. The lowest BCUT2D eigenvalue weighted by molar-refractivity contribution is 0.0527. The molecule has 0 saturated heterocycles. The summed E-state index contributed by atoms with van der Waals surface area (Å²) in [6.45, 7) is 0.414. The van der Waals surface area contributed by atoms with Crippen LogP contribution in [-0.2, 0) is 6.54 Å². The fourth-order valence-electron chi connectivity index (χ4n) is 1.69. The van der Waals surface area contributed by atoms with Gasteiger partial charge in [-0.05, 0) is 17.2 Å². The number of nitrogens with one attached hydrogen (secondary N) is 1. The number of aliphatic hydroxyl groups excluding tert-OH is 2. The summed E-state index contributed by atoms with van der Waals surface area (Å²) in [7, 11) is 0. The van der Waals surface area contributed by atoms with E-state index in [2.05, 4.69) is 5.32 Å². The smallest absolute Gasteiger partial charge is 0.251 e. The largest absolute Gasteiger partial charge is 0.385 e. The number of hydrogen-bond acceptors (Lipinski definition) is 4. The Morgan fingerprint density at radius 3 is 2.88 bits per heavy atom. The van der Waals surface area contributed by atoms with Crippen LogP contribution in [0.4, 0.5) is 0 Å². The van der Waals surface area contributed by atoms with Crippen molar-refractivity contribution in [2.45, 2.75) is 18.8 Å². The Morgan fingerprint density at radius 2 is 2.19 bits per heavy atom. The van der Waals surface area contributed by atoms with Gasteiger partial charge in [0.2, 0.25) is 0 Å². The van der Waals surface area contributed by atoms with E-state index < -0.39 is 12.2 Å². The average Bonchev–Trinajstić information content (AvgIpc) is 2.68. The van der Waals surface area contributed by atoms with Crippen LogP contribution in [0.3, 0.4) is 0 Å². The third kappa shape index (κ3) is 1.65. The molecule has 1 amide bonds. The Balaban J connectivity index is 2.33. The molecule has 5 nitrogen and oxygen atoms in total. The standard InChI is InChI=1S/C11H10N2O3/c12-4-9(14)10(15)6-1-2-8-7(3-6)5-13-11(8)16/h1-3,9-10,14-15H,5H2,(H,13,16). The Bertz CT molecular complexity index is 479. The number of rotatable bonds is 2. The molecule has 82 valence electrons. The molecule has 0 radical (unpaired) electrons. The first kappa shape index (κ1) is 10.6. The van der Waals surface area contributed by atoms with E-state index in [1.54, 1.807) is 18.2 Å². The first-order valence-corrected chi connectivity index (χ1v) is 4.80. The van der Waals surface area contributed by atoms with E-state index in [-0.39, 0.29) is 5.91 Å². The summed E-state index contributed by atoms with van der Waals surface area (Å²) >= 11 is 0. The summed E-state index contributed by atoms with van der Waals surface area (Å²) in [6, 6.07) is 6.31. The molecule has 2 unspecified atom stereocenters. The topological polar surface area (TPSA) is 93.3 Å². The molecule has 0 bridgehead atoms. The SMILES string of the molecule is N#CC(O)C(O)c1ccc2c(c1)CNC2=O. The minimum atomic E-state index is -1.46. The van der Waals surface area contributed by atoms with Crippen molar-refractivity contribution in [1.82, 2.24) is 5.32 Å². The van der Waals surface area contributed by atoms with Crippen molar-refractivity contribution in [2.75, 3.05) is 0 Å². The number of aliphatic hydroxyl groups is 2. The Morgan fingerprint density at radius 1 is 1.44 bits per heavy atom. The number of amides is 1. The maximum absolute atomic E-state index is 11.3. The van der Waals surface area contributed by atoms with Crippen molar-refractivity contribution in [3.05, 3.63) is 34.9 Å². The molecular weight excluding hydrogens is 208 g/mol. The Kier molecular flexibility index (Phi) is 2.60. The number of fused-ring (bicyclic) bond motifs is 1. The fraction of sp³-hybridized carbons (Fsp3) is 0.273. The molecule has 5 heteroatoms. The average molecular weight is 218 g/mol. The quantitative estimate of drug-likeness (QED) is 0.602. The van der Waals surface area contributed by atoms with Crippen molar-refractivity contribution >= 4 is 5.91 Å². The highest BCUT2D eigenvalue weighted by atomic mass is 16.3. The number of benzene rings is 1. The lowest BCUT2D eigenvalue weighted by Gasteiger charge is -2.12. The van der Waals surface area contributed by atoms with E-state index >= 15 is 0 Å². The van der Waals surface area contributed by atoms with Gasteiger partial charge in [-0.3, -0.25) is 4.79 Å². The van der Waals surface area contributed by atoms with Crippen LogP contribution in [0.15, 0.2) is 18.2 Å². The summed E-state index contributed by atoms with van der Waals surface area (Å²) < 4.78 is 0. The third-order valence-corrected chi connectivity index (χ3v) is 2.59. The van der Waals surface area contributed by atoms with Gasteiger partial charge in [-0.15, -0.1) is 0 Å². The van der Waals surface area contributed by atoms with Crippen molar-refractivity contribution in [3.8, 4) is 6.07 Å². The van der Waals surface area contributed by atoms with Gasteiger partial charge in [-0.2, -0.15) is 5.26 Å². The molecule has 0 fully saturated rings. The number of carbonyl (C=O) groups excluding carboxylic acids is 1. The molecule has 1 aliphatic rings. The number of nitrogens with zero attached hydrogens (tertiary/aromatic N) is 1. The van der Waals surface area contributed by atoms with E-state index in [1.807, 2.05) is 0 Å². The second-order valence-corrected chi connectivity index (χ2v) is 3.62. The van der Waals surface area contributed by atoms with Gasteiger partial charge in [0.15, 0.2) is 6.10 Å². The maximum Gasteiger partial charge on any atom is 0.251 e. The summed E-state index contributed by atoms with van der Waals surface area (Å²) in [5.74, 6) is -0.142. The van der Waals surface area contributed by atoms with Crippen LogP contribution in [0.5, 0.6) is 0 Å². The molecule has 2 rings (SSSR count). The monoisotopic (exact) mass is 218 g/mol. The van der Waals surface area contributed by atoms with Crippen LogP contribution in [0.1, 0.15) is 27.6 Å². The number of hydrogen-bond donors (Lipinski definition) is 3. The van der Waals surface area contributed by atoms with Gasteiger partial charge >= 0.3 is 0 Å². The molecule has 0 aliphatic carbocycles. The zero-order chi connectivity index (χ0) is 11.7. The predicted molar refractivity (Wildman–Crippen MR) is 54.2 cm³/mol. The first-order chi connectivity index (χ1) is 7.63. The predicted octanol–water partition coefficient (Wildman–Crippen LogP) is -0.152. The highest BCUT2D eigenvalue weighted by Crippen LogP contribution is 2.23. The fourth-order valence-corrected chi connectivity index (χ4v) is 1.69. The van der Waals surface area contributed by atoms with Gasteiger partial charge in [0.25, 0.3) is 5.91 Å². The van der Waals surface area contributed by atoms with Crippen LogP contribution in [-0.4, -0.2) is 22.2 Å². The van der Waals surface area contributed by atoms with E-state index in [4.69, 9.17) is 5.26 Å². The number of nitriles is 1. The second-order valence-electron chi connectivity index (χ2n) is 3.62. The molecule has 0 saturated carbocycles. The van der Waals surface area contributed by atoms with Crippen molar-refractivity contribution < 1.29 is 15.0 Å². The van der Waals surface area contributed by atoms with Gasteiger partial charge in [-0.1, -0.05) is 12.1 Å². The maximum atomic E-state index is 11.3. The lowest BCUT2D eigenvalue weighted by atomic mass is 10.00. The molecule has 3 N–H and O–H groups in total. The van der Waals surface area contributed by atoms with E-state index in [0.717, 1.165) is 5.56 Å². The van der Waals surface area contributed by atoms with E-state index in [9.17, 15) is 15.0 Å².